The molecule has 0 aliphatic heterocycles. The van der Waals surface area contributed by atoms with Crippen molar-refractivity contribution in [2.45, 2.75) is 59.3 Å². The zero-order chi connectivity index (χ0) is 20.9. The standard InChI is InChI=1S/C25H35NO3/c1-4-5-6-7-10-18-28-22-15-13-21(14-16-22)26-25(27)23-11-8-9-12-24(23)29-19-17-20(2)3/h8-9,11-16,20H,4-7,10,17-19H2,1-3H3,(H,26,27). The third-order valence-corrected chi connectivity index (χ3v) is 4.71. The van der Waals surface area contributed by atoms with Gasteiger partial charge < -0.3 is 14.8 Å². The van der Waals surface area contributed by atoms with Crippen molar-refractivity contribution in [1.82, 2.24) is 0 Å². The molecule has 0 atom stereocenters. The molecule has 0 aliphatic rings. The molecule has 0 aliphatic carbocycles. The van der Waals surface area contributed by atoms with Crippen LogP contribution in [0.25, 0.3) is 0 Å². The van der Waals surface area contributed by atoms with Gasteiger partial charge in [-0.2, -0.15) is 0 Å². The average Bonchev–Trinajstić information content (AvgIpc) is 2.72. The van der Waals surface area contributed by atoms with Crippen molar-refractivity contribution in [3.63, 3.8) is 0 Å². The topological polar surface area (TPSA) is 47.6 Å². The van der Waals surface area contributed by atoms with Crippen molar-refractivity contribution in [2.24, 2.45) is 5.92 Å². The van der Waals surface area contributed by atoms with E-state index in [0.717, 1.165) is 30.9 Å². The van der Waals surface area contributed by atoms with Crippen molar-refractivity contribution < 1.29 is 14.3 Å². The second-order valence-electron chi connectivity index (χ2n) is 7.77. The molecule has 0 heterocycles. The summed E-state index contributed by atoms with van der Waals surface area (Å²) in [5.41, 5.74) is 1.28. The summed E-state index contributed by atoms with van der Waals surface area (Å²) in [4.78, 5) is 12.7. The summed E-state index contributed by atoms with van der Waals surface area (Å²) in [6.07, 6.45) is 7.05. The highest BCUT2D eigenvalue weighted by Crippen LogP contribution is 2.22. The summed E-state index contributed by atoms with van der Waals surface area (Å²) >= 11 is 0. The molecule has 2 aromatic carbocycles. The lowest BCUT2D eigenvalue weighted by Gasteiger charge is -2.13. The van der Waals surface area contributed by atoms with Gasteiger partial charge in [0.2, 0.25) is 0 Å². The molecule has 29 heavy (non-hydrogen) atoms. The fourth-order valence-electron chi connectivity index (χ4n) is 2.91. The number of amides is 1. The number of hydrogen-bond donors (Lipinski definition) is 1. The summed E-state index contributed by atoms with van der Waals surface area (Å²) in [5.74, 6) is 1.84. The largest absolute Gasteiger partial charge is 0.494 e. The molecular formula is C25H35NO3. The summed E-state index contributed by atoms with van der Waals surface area (Å²) < 4.78 is 11.6. The van der Waals surface area contributed by atoms with Gasteiger partial charge in [-0.1, -0.05) is 58.6 Å². The molecule has 1 N–H and O–H groups in total. The summed E-state index contributed by atoms with van der Waals surface area (Å²) in [5, 5.41) is 2.94. The van der Waals surface area contributed by atoms with Crippen molar-refractivity contribution in [3.8, 4) is 11.5 Å². The van der Waals surface area contributed by atoms with Crippen LogP contribution >= 0.6 is 0 Å². The molecule has 4 nitrogen and oxygen atoms in total. The highest BCUT2D eigenvalue weighted by molar-refractivity contribution is 6.06. The van der Waals surface area contributed by atoms with Gasteiger partial charge >= 0.3 is 0 Å². The maximum absolute atomic E-state index is 12.7. The second kappa shape index (κ2) is 12.9. The molecule has 2 rings (SSSR count). The van der Waals surface area contributed by atoms with E-state index in [1.807, 2.05) is 42.5 Å². The Hall–Kier alpha value is -2.49. The molecule has 0 unspecified atom stereocenters. The van der Waals surface area contributed by atoms with Gasteiger partial charge in [-0.05, 0) is 55.2 Å². The predicted octanol–water partition coefficient (Wildman–Crippen LogP) is 6.71. The molecular weight excluding hydrogens is 362 g/mol. The normalized spacial score (nSPS) is 10.8. The SMILES string of the molecule is CCCCCCCOc1ccc(NC(=O)c2ccccc2OCCC(C)C)cc1. The first-order chi connectivity index (χ1) is 14.1. The number of nitrogens with one attached hydrogen (secondary N) is 1. The second-order valence-corrected chi connectivity index (χ2v) is 7.77. The van der Waals surface area contributed by atoms with Gasteiger partial charge in [-0.25, -0.2) is 0 Å². The van der Waals surface area contributed by atoms with Crippen LogP contribution in [0.3, 0.4) is 0 Å². The van der Waals surface area contributed by atoms with Crippen LogP contribution < -0.4 is 14.8 Å². The number of hydrogen-bond acceptors (Lipinski definition) is 3. The lowest BCUT2D eigenvalue weighted by Crippen LogP contribution is -2.14. The van der Waals surface area contributed by atoms with Crippen LogP contribution in [0.1, 0.15) is 69.7 Å². The Morgan fingerprint density at radius 3 is 2.34 bits per heavy atom. The first-order valence-electron chi connectivity index (χ1n) is 10.9. The minimum absolute atomic E-state index is 0.172. The maximum Gasteiger partial charge on any atom is 0.259 e. The van der Waals surface area contributed by atoms with Crippen LogP contribution in [0, 0.1) is 5.92 Å². The molecule has 0 radical (unpaired) electrons. The molecule has 158 valence electrons. The van der Waals surface area contributed by atoms with Crippen LogP contribution in [-0.4, -0.2) is 19.1 Å². The van der Waals surface area contributed by atoms with E-state index < -0.39 is 0 Å². The average molecular weight is 398 g/mol. The molecule has 4 heteroatoms. The Morgan fingerprint density at radius 2 is 1.62 bits per heavy atom. The molecule has 0 aromatic heterocycles. The minimum Gasteiger partial charge on any atom is -0.494 e. The van der Waals surface area contributed by atoms with Gasteiger partial charge in [0.1, 0.15) is 11.5 Å². The number of carbonyl (C=O) groups excluding carboxylic acids is 1. The van der Waals surface area contributed by atoms with E-state index in [2.05, 4.69) is 26.1 Å². The van der Waals surface area contributed by atoms with Crippen LogP contribution in [-0.2, 0) is 0 Å². The Bertz CT molecular complexity index is 725. The monoisotopic (exact) mass is 397 g/mol. The first kappa shape index (κ1) is 22.8. The number of anilines is 1. The quantitative estimate of drug-likeness (QED) is 0.382. The summed E-state index contributed by atoms with van der Waals surface area (Å²) in [7, 11) is 0. The molecule has 2 aromatic rings. The molecule has 0 spiro atoms. The summed E-state index contributed by atoms with van der Waals surface area (Å²) in [6, 6.07) is 14.9. The van der Waals surface area contributed by atoms with Crippen molar-refractivity contribution >= 4 is 11.6 Å². The smallest absolute Gasteiger partial charge is 0.259 e. The number of benzene rings is 2. The number of rotatable bonds is 13. The number of unbranched alkanes of at least 4 members (excludes halogenated alkanes) is 4. The molecule has 0 saturated carbocycles. The maximum atomic E-state index is 12.7. The van der Waals surface area contributed by atoms with Gasteiger partial charge in [-0.3, -0.25) is 4.79 Å². The first-order valence-corrected chi connectivity index (χ1v) is 10.9. The Kier molecular flexibility index (Phi) is 10.1. The minimum atomic E-state index is -0.172. The van der Waals surface area contributed by atoms with E-state index in [0.29, 0.717) is 23.8 Å². The van der Waals surface area contributed by atoms with Crippen molar-refractivity contribution in [2.75, 3.05) is 18.5 Å². The Balaban J connectivity index is 1.84. The van der Waals surface area contributed by atoms with Crippen molar-refractivity contribution in [3.05, 3.63) is 54.1 Å². The van der Waals surface area contributed by atoms with Crippen molar-refractivity contribution in [1.29, 1.82) is 0 Å². The van der Waals surface area contributed by atoms with E-state index in [4.69, 9.17) is 9.47 Å². The highest BCUT2D eigenvalue weighted by atomic mass is 16.5. The van der Waals surface area contributed by atoms with E-state index in [1.54, 1.807) is 6.07 Å². The van der Waals surface area contributed by atoms with Crippen LogP contribution in [0.2, 0.25) is 0 Å². The molecule has 0 fully saturated rings. The lowest BCUT2D eigenvalue weighted by molar-refractivity contribution is 0.102. The van der Waals surface area contributed by atoms with Gasteiger partial charge in [0.25, 0.3) is 5.91 Å². The predicted molar refractivity (Wildman–Crippen MR) is 120 cm³/mol. The Labute approximate surface area is 175 Å². The lowest BCUT2D eigenvalue weighted by atomic mass is 10.1. The number of para-hydroxylation sites is 1. The zero-order valence-electron chi connectivity index (χ0n) is 18.1. The highest BCUT2D eigenvalue weighted by Gasteiger charge is 2.12. The van der Waals surface area contributed by atoms with Crippen LogP contribution in [0.15, 0.2) is 48.5 Å². The third-order valence-electron chi connectivity index (χ3n) is 4.71. The molecule has 0 saturated heterocycles. The third kappa shape index (κ3) is 8.59. The van der Waals surface area contributed by atoms with Gasteiger partial charge in [-0.15, -0.1) is 0 Å². The van der Waals surface area contributed by atoms with Crippen LogP contribution in [0.5, 0.6) is 11.5 Å². The molecule has 0 bridgehead atoms. The fourth-order valence-corrected chi connectivity index (χ4v) is 2.91. The van der Waals surface area contributed by atoms with Crippen LogP contribution in [0.4, 0.5) is 5.69 Å². The van der Waals surface area contributed by atoms with Gasteiger partial charge in [0.05, 0.1) is 18.8 Å². The fraction of sp³-hybridized carbons (Fsp3) is 0.480. The van der Waals surface area contributed by atoms with E-state index in [9.17, 15) is 4.79 Å². The zero-order valence-corrected chi connectivity index (χ0v) is 18.1. The summed E-state index contributed by atoms with van der Waals surface area (Å²) in [6.45, 7) is 7.86. The number of carbonyl (C=O) groups is 1. The van der Waals surface area contributed by atoms with E-state index in [-0.39, 0.29) is 5.91 Å². The Morgan fingerprint density at radius 1 is 0.897 bits per heavy atom. The van der Waals surface area contributed by atoms with Gasteiger partial charge in [0.15, 0.2) is 0 Å². The van der Waals surface area contributed by atoms with E-state index in [1.165, 1.54) is 25.7 Å². The van der Waals surface area contributed by atoms with Gasteiger partial charge in [0, 0.05) is 5.69 Å². The molecule has 1 amide bonds. The van der Waals surface area contributed by atoms with E-state index >= 15 is 0 Å². The number of ether oxygens (including phenoxy) is 2.